The molecule has 0 unspecified atom stereocenters. The van der Waals surface area contributed by atoms with Crippen molar-refractivity contribution in [3.8, 4) is 0 Å². The highest BCUT2D eigenvalue weighted by atomic mass is 19.4. The summed E-state index contributed by atoms with van der Waals surface area (Å²) in [6.45, 7) is 0. The van der Waals surface area contributed by atoms with E-state index in [0.29, 0.717) is 5.92 Å². The number of rotatable bonds is 0. The quantitative estimate of drug-likeness (QED) is 0.547. The normalized spacial score (nSPS) is 42.6. The van der Waals surface area contributed by atoms with Crippen LogP contribution in [0.3, 0.4) is 0 Å². The van der Waals surface area contributed by atoms with Gasteiger partial charge in [0.1, 0.15) is 5.57 Å². The van der Waals surface area contributed by atoms with Crippen LogP contribution in [0.15, 0.2) is 34.9 Å². The zero-order valence-electron chi connectivity index (χ0n) is 11.3. The van der Waals surface area contributed by atoms with Gasteiger partial charge in [-0.3, -0.25) is 0 Å². The number of fused-ring (bicyclic) bond motifs is 5. The number of hydrogen-bond acceptors (Lipinski definition) is 0. The van der Waals surface area contributed by atoms with Crippen LogP contribution < -0.4 is 0 Å². The maximum absolute atomic E-state index is 12.8. The van der Waals surface area contributed by atoms with Crippen molar-refractivity contribution in [2.75, 3.05) is 0 Å². The van der Waals surface area contributed by atoms with Crippen molar-refractivity contribution in [1.82, 2.24) is 0 Å². The number of allylic oxidation sites excluding steroid dienone is 6. The molecule has 3 fully saturated rings. The van der Waals surface area contributed by atoms with Crippen molar-refractivity contribution in [2.24, 2.45) is 23.7 Å². The summed E-state index contributed by atoms with van der Waals surface area (Å²) >= 11 is 0. The van der Waals surface area contributed by atoms with Gasteiger partial charge in [0.2, 0.25) is 0 Å². The second-order valence-electron chi connectivity index (χ2n) is 6.67. The molecule has 3 saturated carbocycles. The van der Waals surface area contributed by atoms with Crippen LogP contribution in [0, 0.1) is 30.1 Å². The lowest BCUT2D eigenvalue weighted by atomic mass is 9.76. The minimum atomic E-state index is -4.23. The Hall–Kier alpha value is -1.12. The van der Waals surface area contributed by atoms with E-state index >= 15 is 0 Å². The molecule has 0 amide bonds. The Bertz CT molecular complexity index is 521. The van der Waals surface area contributed by atoms with E-state index in [0.717, 1.165) is 29.7 Å². The van der Waals surface area contributed by atoms with E-state index in [9.17, 15) is 13.2 Å². The zero-order valence-corrected chi connectivity index (χ0v) is 11.3. The molecular weight excluding hydrogens is 261 g/mol. The summed E-state index contributed by atoms with van der Waals surface area (Å²) < 4.78 is 38.5. The number of alkyl halides is 3. The zero-order chi connectivity index (χ0) is 13.9. The molecule has 4 aliphatic rings. The van der Waals surface area contributed by atoms with Gasteiger partial charge in [-0.25, -0.2) is 0 Å². The van der Waals surface area contributed by atoms with Gasteiger partial charge in [-0.2, -0.15) is 13.2 Å². The van der Waals surface area contributed by atoms with Gasteiger partial charge in [0, 0.05) is 42.6 Å². The summed E-state index contributed by atoms with van der Waals surface area (Å²) in [7, 11) is 0. The molecule has 0 heterocycles. The molecule has 0 aromatic heterocycles. The van der Waals surface area contributed by atoms with Gasteiger partial charge < -0.3 is 0 Å². The Labute approximate surface area is 117 Å². The molecule has 0 N–H and O–H groups in total. The van der Waals surface area contributed by atoms with Crippen LogP contribution in [0.5, 0.6) is 0 Å². The topological polar surface area (TPSA) is 0 Å². The number of hydrogen-bond donors (Lipinski definition) is 0. The Balaban J connectivity index is 1.68. The van der Waals surface area contributed by atoms with E-state index in [4.69, 9.17) is 0 Å². The third-order valence-corrected chi connectivity index (χ3v) is 5.79. The van der Waals surface area contributed by atoms with Crippen LogP contribution in [-0.2, 0) is 0 Å². The Kier molecular flexibility index (Phi) is 2.64. The molecule has 3 heteroatoms. The first kappa shape index (κ1) is 12.6. The van der Waals surface area contributed by atoms with Crippen molar-refractivity contribution >= 4 is 0 Å². The third kappa shape index (κ3) is 1.78. The Morgan fingerprint density at radius 3 is 2.75 bits per heavy atom. The van der Waals surface area contributed by atoms with E-state index in [1.165, 1.54) is 43.4 Å². The fourth-order valence-electron chi connectivity index (χ4n) is 5.07. The lowest BCUT2D eigenvalue weighted by molar-refractivity contribution is -0.0883. The molecule has 0 radical (unpaired) electrons. The highest BCUT2D eigenvalue weighted by Gasteiger charge is 2.54. The van der Waals surface area contributed by atoms with E-state index in [2.05, 4.69) is 0 Å². The van der Waals surface area contributed by atoms with Crippen molar-refractivity contribution < 1.29 is 13.2 Å². The van der Waals surface area contributed by atoms with Crippen LogP contribution in [0.2, 0.25) is 0 Å². The summed E-state index contributed by atoms with van der Waals surface area (Å²) in [6, 6.07) is 0. The first-order valence-corrected chi connectivity index (χ1v) is 7.57. The first-order valence-electron chi connectivity index (χ1n) is 7.57. The molecule has 0 nitrogen and oxygen atoms in total. The van der Waals surface area contributed by atoms with E-state index in [1.54, 1.807) is 6.08 Å². The SMILES string of the molecule is FC(F)(F)C1=C/C(=C2\C[C@@H]3C[C@H]2[C@@H]2CCC[C@H]32)[CH+]C=C1. The van der Waals surface area contributed by atoms with Gasteiger partial charge in [-0.15, -0.1) is 0 Å². The molecular formula is C17H18F3+. The smallest absolute Gasteiger partial charge is 0.164 e. The van der Waals surface area contributed by atoms with Crippen molar-refractivity contribution in [2.45, 2.75) is 38.3 Å². The largest absolute Gasteiger partial charge is 0.434 e. The summed E-state index contributed by atoms with van der Waals surface area (Å²) in [4.78, 5) is 0. The van der Waals surface area contributed by atoms with Gasteiger partial charge in [0.05, 0.1) is 5.57 Å². The maximum atomic E-state index is 12.8. The van der Waals surface area contributed by atoms with Gasteiger partial charge in [-0.1, -0.05) is 6.42 Å². The van der Waals surface area contributed by atoms with E-state index in [1.807, 2.05) is 6.42 Å². The molecule has 4 aliphatic carbocycles. The molecule has 0 aromatic carbocycles. The van der Waals surface area contributed by atoms with Gasteiger partial charge >= 0.3 is 6.18 Å². The highest BCUT2D eigenvalue weighted by molar-refractivity contribution is 5.49. The minimum Gasteiger partial charge on any atom is -0.164 e. The van der Waals surface area contributed by atoms with Crippen LogP contribution in [-0.4, -0.2) is 6.18 Å². The van der Waals surface area contributed by atoms with Crippen molar-refractivity contribution in [3.05, 3.63) is 41.4 Å². The predicted octanol–water partition coefficient (Wildman–Crippen LogP) is 5.00. The van der Waals surface area contributed by atoms with Crippen molar-refractivity contribution in [3.63, 3.8) is 0 Å². The lowest BCUT2D eigenvalue weighted by Crippen LogP contribution is -2.20. The lowest BCUT2D eigenvalue weighted by Gasteiger charge is -2.25. The molecule has 0 spiro atoms. The maximum Gasteiger partial charge on any atom is 0.434 e. The molecule has 0 saturated heterocycles. The molecule has 4 atom stereocenters. The monoisotopic (exact) mass is 279 g/mol. The molecule has 0 aliphatic heterocycles. The predicted molar refractivity (Wildman–Crippen MR) is 71.6 cm³/mol. The minimum absolute atomic E-state index is 0.506. The van der Waals surface area contributed by atoms with Gasteiger partial charge in [0.25, 0.3) is 0 Å². The highest BCUT2D eigenvalue weighted by Crippen LogP contribution is 2.61. The van der Waals surface area contributed by atoms with E-state index < -0.39 is 11.7 Å². The van der Waals surface area contributed by atoms with Crippen LogP contribution in [0.1, 0.15) is 32.1 Å². The van der Waals surface area contributed by atoms with Gasteiger partial charge in [-0.05, 0) is 37.0 Å². The summed E-state index contributed by atoms with van der Waals surface area (Å²) in [5, 5.41) is 0. The molecule has 0 aromatic rings. The fraction of sp³-hybridized carbons (Fsp3) is 0.588. The Morgan fingerprint density at radius 1 is 1.15 bits per heavy atom. The second kappa shape index (κ2) is 4.19. The number of halogens is 3. The van der Waals surface area contributed by atoms with Crippen molar-refractivity contribution in [1.29, 1.82) is 0 Å². The van der Waals surface area contributed by atoms with Gasteiger partial charge in [0.15, 0.2) is 0 Å². The second-order valence-corrected chi connectivity index (χ2v) is 6.67. The van der Waals surface area contributed by atoms with E-state index in [-0.39, 0.29) is 0 Å². The third-order valence-electron chi connectivity index (χ3n) is 5.79. The average Bonchev–Trinajstić information content (AvgIpc) is 3.10. The summed E-state index contributed by atoms with van der Waals surface area (Å²) in [5.74, 6) is 2.95. The molecule has 106 valence electrons. The van der Waals surface area contributed by atoms with Crippen LogP contribution in [0.25, 0.3) is 0 Å². The summed E-state index contributed by atoms with van der Waals surface area (Å²) in [5.41, 5.74) is 1.65. The first-order chi connectivity index (χ1) is 9.54. The Morgan fingerprint density at radius 2 is 1.95 bits per heavy atom. The standard InChI is InChI=1S/C17H18F3/c18-17(19,20)12-4-1-3-10(7-12)15-8-11-9-16(15)14-6-2-5-13(11)14/h1,3-4,7,11,13-14,16H,2,5-6,8-9H2/q+1/b15-10+/t11-,13-,14-,16+/m1/s1. The fourth-order valence-corrected chi connectivity index (χ4v) is 5.07. The molecule has 2 bridgehead atoms. The average molecular weight is 279 g/mol. The summed E-state index contributed by atoms with van der Waals surface area (Å²) in [6.07, 6.45) is 7.94. The molecule has 20 heavy (non-hydrogen) atoms. The molecule has 4 rings (SSSR count). The van der Waals surface area contributed by atoms with Crippen LogP contribution in [0.4, 0.5) is 13.2 Å². The van der Waals surface area contributed by atoms with Crippen LogP contribution >= 0.6 is 0 Å².